The standard InChI is InChI=1S/C21H23N3O5/c25-14-19(26)13-22-18-3-1-2-16(12-18)20(27)23-17-6-4-15(5-7-17)21(28)24-8-10-29-11-9-24/h1-7,12-13,19,25-26H,8-11,14H2,(H,23,27). The Morgan fingerprint density at radius 1 is 1.14 bits per heavy atom. The van der Waals surface area contributed by atoms with Crippen molar-refractivity contribution >= 4 is 29.4 Å². The van der Waals surface area contributed by atoms with Gasteiger partial charge in [0.2, 0.25) is 0 Å². The first-order valence-electron chi connectivity index (χ1n) is 9.28. The van der Waals surface area contributed by atoms with Crippen LogP contribution in [0.1, 0.15) is 20.7 Å². The number of aliphatic imine (C=N–C) groups is 1. The van der Waals surface area contributed by atoms with Gasteiger partial charge in [-0.25, -0.2) is 0 Å². The highest BCUT2D eigenvalue weighted by Crippen LogP contribution is 2.17. The molecule has 1 fully saturated rings. The van der Waals surface area contributed by atoms with Crippen LogP contribution < -0.4 is 5.32 Å². The zero-order valence-electron chi connectivity index (χ0n) is 15.8. The van der Waals surface area contributed by atoms with Gasteiger partial charge in [-0.3, -0.25) is 14.6 Å². The van der Waals surface area contributed by atoms with Crippen molar-refractivity contribution in [1.29, 1.82) is 0 Å². The molecule has 1 heterocycles. The van der Waals surface area contributed by atoms with E-state index in [0.29, 0.717) is 48.8 Å². The molecular formula is C21H23N3O5. The molecule has 2 aromatic rings. The monoisotopic (exact) mass is 397 g/mol. The molecule has 1 saturated heterocycles. The van der Waals surface area contributed by atoms with Gasteiger partial charge in [-0.05, 0) is 42.5 Å². The summed E-state index contributed by atoms with van der Waals surface area (Å²) >= 11 is 0. The zero-order valence-corrected chi connectivity index (χ0v) is 15.8. The third-order valence-corrected chi connectivity index (χ3v) is 4.38. The van der Waals surface area contributed by atoms with Crippen LogP contribution in [0.5, 0.6) is 0 Å². The Labute approximate surface area is 168 Å². The van der Waals surface area contributed by atoms with Gasteiger partial charge >= 0.3 is 0 Å². The van der Waals surface area contributed by atoms with Crippen LogP contribution in [0.2, 0.25) is 0 Å². The molecule has 0 aliphatic carbocycles. The summed E-state index contributed by atoms with van der Waals surface area (Å²) in [5.74, 6) is -0.376. The Morgan fingerprint density at radius 2 is 1.86 bits per heavy atom. The van der Waals surface area contributed by atoms with Crippen LogP contribution in [0.15, 0.2) is 53.5 Å². The number of ether oxygens (including phenoxy) is 1. The van der Waals surface area contributed by atoms with Crippen molar-refractivity contribution in [3.8, 4) is 0 Å². The molecule has 8 nitrogen and oxygen atoms in total. The van der Waals surface area contributed by atoms with Crippen molar-refractivity contribution in [2.45, 2.75) is 6.10 Å². The highest BCUT2D eigenvalue weighted by atomic mass is 16.5. The first kappa shape index (κ1) is 20.7. The zero-order chi connectivity index (χ0) is 20.6. The molecule has 29 heavy (non-hydrogen) atoms. The van der Waals surface area contributed by atoms with Crippen LogP contribution in [-0.2, 0) is 4.74 Å². The number of aliphatic hydroxyl groups excluding tert-OH is 2. The van der Waals surface area contributed by atoms with Crippen molar-refractivity contribution in [2.24, 2.45) is 4.99 Å². The van der Waals surface area contributed by atoms with E-state index in [2.05, 4.69) is 10.3 Å². The van der Waals surface area contributed by atoms with Crippen molar-refractivity contribution in [3.63, 3.8) is 0 Å². The summed E-state index contributed by atoms with van der Waals surface area (Å²) in [6, 6.07) is 13.3. The number of hydrogen-bond acceptors (Lipinski definition) is 6. The first-order valence-corrected chi connectivity index (χ1v) is 9.28. The molecule has 1 atom stereocenters. The van der Waals surface area contributed by atoms with Crippen LogP contribution in [0.3, 0.4) is 0 Å². The number of benzene rings is 2. The summed E-state index contributed by atoms with van der Waals surface area (Å²) in [6.07, 6.45) is 0.160. The van der Waals surface area contributed by atoms with E-state index in [1.807, 2.05) is 0 Å². The van der Waals surface area contributed by atoms with Crippen molar-refractivity contribution in [3.05, 3.63) is 59.7 Å². The van der Waals surface area contributed by atoms with E-state index in [0.717, 1.165) is 0 Å². The second kappa shape index (κ2) is 9.92. The molecule has 1 aliphatic rings. The molecule has 1 unspecified atom stereocenters. The van der Waals surface area contributed by atoms with Crippen LogP contribution in [0, 0.1) is 0 Å². The summed E-state index contributed by atoms with van der Waals surface area (Å²) in [6.45, 7) is 1.81. The molecule has 3 N–H and O–H groups in total. The van der Waals surface area contributed by atoms with Crippen LogP contribution in [0.25, 0.3) is 0 Å². The van der Waals surface area contributed by atoms with Gasteiger partial charge < -0.3 is 25.2 Å². The highest BCUT2D eigenvalue weighted by molar-refractivity contribution is 6.05. The molecule has 0 bridgehead atoms. The fourth-order valence-electron chi connectivity index (χ4n) is 2.80. The smallest absolute Gasteiger partial charge is 0.255 e. The number of morpholine rings is 1. The first-order chi connectivity index (χ1) is 14.1. The lowest BCUT2D eigenvalue weighted by Crippen LogP contribution is -2.40. The molecule has 0 spiro atoms. The third-order valence-electron chi connectivity index (χ3n) is 4.38. The minimum absolute atomic E-state index is 0.0539. The van der Waals surface area contributed by atoms with Crippen LogP contribution >= 0.6 is 0 Å². The quantitative estimate of drug-likeness (QED) is 0.639. The second-order valence-corrected chi connectivity index (χ2v) is 6.51. The molecule has 2 aromatic carbocycles. The molecule has 0 aromatic heterocycles. The molecule has 1 aliphatic heterocycles. The van der Waals surface area contributed by atoms with Crippen molar-refractivity contribution in [2.75, 3.05) is 38.2 Å². The van der Waals surface area contributed by atoms with E-state index < -0.39 is 12.7 Å². The Bertz CT molecular complexity index is 876. The largest absolute Gasteiger partial charge is 0.393 e. The highest BCUT2D eigenvalue weighted by Gasteiger charge is 2.18. The number of carbonyl (C=O) groups excluding carboxylic acids is 2. The lowest BCUT2D eigenvalue weighted by Gasteiger charge is -2.26. The summed E-state index contributed by atoms with van der Waals surface area (Å²) < 4.78 is 5.26. The Hall–Kier alpha value is -3.07. The van der Waals surface area contributed by atoms with Crippen molar-refractivity contribution in [1.82, 2.24) is 4.90 Å². The maximum Gasteiger partial charge on any atom is 0.255 e. The van der Waals surface area contributed by atoms with Gasteiger partial charge in [0.05, 0.1) is 25.5 Å². The number of aliphatic hydroxyl groups is 2. The summed E-state index contributed by atoms with van der Waals surface area (Å²) in [5, 5.41) is 20.9. The summed E-state index contributed by atoms with van der Waals surface area (Å²) in [7, 11) is 0. The lowest BCUT2D eigenvalue weighted by molar-refractivity contribution is 0.0303. The van der Waals surface area contributed by atoms with Gasteiger partial charge in [-0.15, -0.1) is 0 Å². The molecule has 0 saturated carbocycles. The number of hydrogen-bond donors (Lipinski definition) is 3. The minimum atomic E-state index is -1.05. The summed E-state index contributed by atoms with van der Waals surface area (Å²) in [5.41, 5.74) is 2.00. The molecule has 8 heteroatoms. The maximum absolute atomic E-state index is 12.5. The molecule has 2 amide bonds. The predicted molar refractivity (Wildman–Crippen MR) is 109 cm³/mol. The van der Waals surface area contributed by atoms with E-state index in [-0.39, 0.29) is 11.8 Å². The minimum Gasteiger partial charge on any atom is -0.393 e. The number of rotatable bonds is 6. The number of carbonyl (C=O) groups is 2. The number of anilines is 1. The van der Waals surface area contributed by atoms with Gasteiger partial charge in [0, 0.05) is 36.1 Å². The Morgan fingerprint density at radius 3 is 2.55 bits per heavy atom. The normalized spacial score (nSPS) is 15.3. The number of amides is 2. The van der Waals surface area contributed by atoms with Crippen LogP contribution in [-0.4, -0.2) is 72.2 Å². The average Bonchev–Trinajstić information content (AvgIpc) is 2.78. The van der Waals surface area contributed by atoms with Gasteiger partial charge in [0.25, 0.3) is 11.8 Å². The van der Waals surface area contributed by atoms with E-state index >= 15 is 0 Å². The molecule has 152 valence electrons. The second-order valence-electron chi connectivity index (χ2n) is 6.51. The van der Waals surface area contributed by atoms with E-state index in [1.165, 1.54) is 6.21 Å². The fraction of sp³-hybridized carbons (Fsp3) is 0.286. The van der Waals surface area contributed by atoms with Gasteiger partial charge in [-0.1, -0.05) is 6.07 Å². The van der Waals surface area contributed by atoms with Crippen molar-refractivity contribution < 1.29 is 24.5 Å². The van der Waals surface area contributed by atoms with Crippen LogP contribution in [0.4, 0.5) is 11.4 Å². The molecule has 0 radical (unpaired) electrons. The predicted octanol–water partition coefficient (Wildman–Crippen LogP) is 1.47. The lowest BCUT2D eigenvalue weighted by atomic mass is 10.1. The number of nitrogens with zero attached hydrogens (tertiary/aromatic N) is 2. The summed E-state index contributed by atoms with van der Waals surface area (Å²) in [4.78, 5) is 30.7. The molecular weight excluding hydrogens is 374 g/mol. The topological polar surface area (TPSA) is 111 Å². The van der Waals surface area contributed by atoms with E-state index in [4.69, 9.17) is 9.84 Å². The van der Waals surface area contributed by atoms with E-state index in [1.54, 1.807) is 53.4 Å². The third kappa shape index (κ3) is 5.71. The molecule has 3 rings (SSSR count). The SMILES string of the molecule is O=C(Nc1ccc(C(=O)N2CCOCC2)cc1)c1cccc(N=CC(O)CO)c1. The fourth-order valence-corrected chi connectivity index (χ4v) is 2.80. The Kier molecular flexibility index (Phi) is 7.07. The van der Waals surface area contributed by atoms with E-state index in [9.17, 15) is 14.7 Å². The number of nitrogens with one attached hydrogen (secondary N) is 1. The van der Waals surface area contributed by atoms with Gasteiger partial charge in [0.1, 0.15) is 6.10 Å². The maximum atomic E-state index is 12.5. The van der Waals surface area contributed by atoms with Gasteiger partial charge in [-0.2, -0.15) is 0 Å². The Balaban J connectivity index is 1.63. The average molecular weight is 397 g/mol. The van der Waals surface area contributed by atoms with Gasteiger partial charge in [0.15, 0.2) is 0 Å².